The minimum Gasteiger partial charge on any atom is -0.383 e. The Morgan fingerprint density at radius 3 is 2.88 bits per heavy atom. The summed E-state index contributed by atoms with van der Waals surface area (Å²) in [5.41, 5.74) is -0.408. The van der Waals surface area contributed by atoms with Crippen LogP contribution in [0.3, 0.4) is 0 Å². The van der Waals surface area contributed by atoms with Crippen LogP contribution in [-0.2, 0) is 11.3 Å². The first-order valence-corrected chi connectivity index (χ1v) is 5.43. The van der Waals surface area contributed by atoms with E-state index in [1.54, 1.807) is 18.2 Å². The number of hydrogen-bond acceptors (Lipinski definition) is 3. The number of ether oxygens (including phenoxy) is 1. The van der Waals surface area contributed by atoms with Gasteiger partial charge in [0.1, 0.15) is 0 Å². The van der Waals surface area contributed by atoms with E-state index in [-0.39, 0.29) is 6.54 Å². The van der Waals surface area contributed by atoms with E-state index in [2.05, 4.69) is 4.98 Å². The van der Waals surface area contributed by atoms with Crippen molar-refractivity contribution in [3.05, 3.63) is 44.1 Å². The number of rotatable bonds is 3. The molecule has 0 amide bonds. The Hall–Kier alpha value is -1.59. The molecule has 0 aliphatic heterocycles. The number of fused-ring (bicyclic) bond motifs is 1. The third-order valence-electron chi connectivity index (χ3n) is 2.48. The summed E-state index contributed by atoms with van der Waals surface area (Å²) in [6.45, 7) is 0.491. The monoisotopic (exact) mass is 254 g/mol. The maximum atomic E-state index is 12.1. The van der Waals surface area contributed by atoms with Crippen LogP contribution >= 0.6 is 11.6 Å². The summed E-state index contributed by atoms with van der Waals surface area (Å²) in [7, 11) is 1.51. The van der Waals surface area contributed by atoms with Crippen LogP contribution < -0.4 is 11.2 Å². The molecule has 0 bridgehead atoms. The van der Waals surface area contributed by atoms with Crippen LogP contribution in [0.4, 0.5) is 0 Å². The third kappa shape index (κ3) is 2.11. The van der Waals surface area contributed by atoms with Gasteiger partial charge in [0.2, 0.25) is 0 Å². The molecule has 0 fully saturated rings. The Morgan fingerprint density at radius 1 is 1.41 bits per heavy atom. The molecule has 1 aromatic heterocycles. The van der Waals surface area contributed by atoms with E-state index < -0.39 is 11.2 Å². The third-order valence-corrected chi connectivity index (χ3v) is 2.79. The van der Waals surface area contributed by atoms with Gasteiger partial charge in [0.25, 0.3) is 5.56 Å². The van der Waals surface area contributed by atoms with Gasteiger partial charge in [-0.15, -0.1) is 0 Å². The fourth-order valence-electron chi connectivity index (χ4n) is 1.64. The Labute approximate surface area is 102 Å². The predicted octanol–water partition coefficient (Wildman–Crippen LogP) is 0.990. The SMILES string of the molecule is COCCn1c(=O)[nH]c2cccc(Cl)c2c1=O. The smallest absolute Gasteiger partial charge is 0.328 e. The van der Waals surface area contributed by atoms with Gasteiger partial charge in [-0.05, 0) is 12.1 Å². The molecule has 0 unspecified atom stereocenters. The van der Waals surface area contributed by atoms with Crippen molar-refractivity contribution in [1.29, 1.82) is 0 Å². The van der Waals surface area contributed by atoms with E-state index in [1.165, 1.54) is 7.11 Å². The Bertz CT molecular complexity index is 660. The highest BCUT2D eigenvalue weighted by atomic mass is 35.5. The lowest BCUT2D eigenvalue weighted by molar-refractivity contribution is 0.185. The van der Waals surface area contributed by atoms with Crippen molar-refractivity contribution in [2.75, 3.05) is 13.7 Å². The summed E-state index contributed by atoms with van der Waals surface area (Å²) in [4.78, 5) is 26.4. The van der Waals surface area contributed by atoms with E-state index in [0.717, 1.165) is 4.57 Å². The predicted molar refractivity (Wildman–Crippen MR) is 65.7 cm³/mol. The average Bonchev–Trinajstić information content (AvgIpc) is 2.28. The summed E-state index contributed by atoms with van der Waals surface area (Å²) in [5.74, 6) is 0. The summed E-state index contributed by atoms with van der Waals surface area (Å²) in [6, 6.07) is 4.94. The number of H-pyrrole nitrogens is 1. The van der Waals surface area contributed by atoms with Crippen molar-refractivity contribution in [2.45, 2.75) is 6.54 Å². The number of nitrogens with one attached hydrogen (secondary N) is 1. The maximum Gasteiger partial charge on any atom is 0.328 e. The number of hydrogen-bond donors (Lipinski definition) is 1. The highest BCUT2D eigenvalue weighted by molar-refractivity contribution is 6.35. The van der Waals surface area contributed by atoms with Gasteiger partial charge in [-0.1, -0.05) is 17.7 Å². The molecule has 17 heavy (non-hydrogen) atoms. The molecule has 90 valence electrons. The first kappa shape index (κ1) is 11.9. The Balaban J connectivity index is 2.74. The fraction of sp³-hybridized carbons (Fsp3) is 0.273. The number of benzene rings is 1. The summed E-state index contributed by atoms with van der Waals surface area (Å²) in [5, 5.41) is 0.653. The first-order chi connectivity index (χ1) is 8.15. The van der Waals surface area contributed by atoms with Crippen LogP contribution in [-0.4, -0.2) is 23.3 Å². The molecular formula is C11H11ClN2O3. The molecule has 6 heteroatoms. The van der Waals surface area contributed by atoms with Crippen LogP contribution in [0.15, 0.2) is 27.8 Å². The average molecular weight is 255 g/mol. The number of methoxy groups -OCH3 is 1. The molecule has 0 saturated heterocycles. The van der Waals surface area contributed by atoms with E-state index in [4.69, 9.17) is 16.3 Å². The second kappa shape index (κ2) is 4.73. The van der Waals surface area contributed by atoms with E-state index in [1.807, 2.05) is 0 Å². The molecule has 1 heterocycles. The van der Waals surface area contributed by atoms with Crippen molar-refractivity contribution in [2.24, 2.45) is 0 Å². The zero-order chi connectivity index (χ0) is 12.4. The van der Waals surface area contributed by atoms with Crippen molar-refractivity contribution >= 4 is 22.5 Å². The molecule has 1 N–H and O–H groups in total. The standard InChI is InChI=1S/C11H11ClN2O3/c1-17-6-5-14-10(15)9-7(12)3-2-4-8(9)13-11(14)16/h2-4H,5-6H2,1H3,(H,13,16). The largest absolute Gasteiger partial charge is 0.383 e. The number of aromatic amines is 1. The molecule has 5 nitrogen and oxygen atoms in total. The van der Waals surface area contributed by atoms with Gasteiger partial charge in [-0.25, -0.2) is 4.79 Å². The minimum atomic E-state index is -0.457. The van der Waals surface area contributed by atoms with Crippen LogP contribution in [0.25, 0.3) is 10.9 Å². The molecule has 0 aliphatic rings. The van der Waals surface area contributed by atoms with E-state index in [0.29, 0.717) is 22.5 Å². The molecule has 0 radical (unpaired) electrons. The number of nitrogens with zero attached hydrogens (tertiary/aromatic N) is 1. The highest BCUT2D eigenvalue weighted by Gasteiger charge is 2.09. The van der Waals surface area contributed by atoms with Crippen molar-refractivity contribution in [3.8, 4) is 0 Å². The quantitative estimate of drug-likeness (QED) is 0.888. The molecule has 0 saturated carbocycles. The van der Waals surface area contributed by atoms with Crippen LogP contribution in [0.2, 0.25) is 5.02 Å². The first-order valence-electron chi connectivity index (χ1n) is 5.05. The minimum absolute atomic E-state index is 0.200. The lowest BCUT2D eigenvalue weighted by atomic mass is 10.2. The Morgan fingerprint density at radius 2 is 2.18 bits per heavy atom. The maximum absolute atomic E-state index is 12.1. The summed E-state index contributed by atoms with van der Waals surface area (Å²) < 4.78 is 5.93. The lowest BCUT2D eigenvalue weighted by Crippen LogP contribution is -2.36. The van der Waals surface area contributed by atoms with Crippen molar-refractivity contribution in [3.63, 3.8) is 0 Å². The zero-order valence-electron chi connectivity index (χ0n) is 9.20. The summed E-state index contributed by atoms with van der Waals surface area (Å²) >= 11 is 5.95. The lowest BCUT2D eigenvalue weighted by Gasteiger charge is -2.06. The second-order valence-electron chi connectivity index (χ2n) is 3.54. The normalized spacial score (nSPS) is 10.9. The molecule has 0 aliphatic carbocycles. The molecular weight excluding hydrogens is 244 g/mol. The van der Waals surface area contributed by atoms with Crippen molar-refractivity contribution < 1.29 is 4.74 Å². The molecule has 0 spiro atoms. The van der Waals surface area contributed by atoms with Crippen LogP contribution in [0, 0.1) is 0 Å². The van der Waals surface area contributed by atoms with Gasteiger partial charge in [0.15, 0.2) is 0 Å². The van der Waals surface area contributed by atoms with Gasteiger partial charge in [-0.2, -0.15) is 0 Å². The molecule has 2 rings (SSSR count). The van der Waals surface area contributed by atoms with Gasteiger partial charge in [-0.3, -0.25) is 9.36 Å². The molecule has 0 atom stereocenters. The number of halogens is 1. The van der Waals surface area contributed by atoms with Crippen LogP contribution in [0.1, 0.15) is 0 Å². The summed E-state index contributed by atoms with van der Waals surface area (Å²) in [6.07, 6.45) is 0. The van der Waals surface area contributed by atoms with Gasteiger partial charge in [0, 0.05) is 7.11 Å². The Kier molecular flexibility index (Phi) is 3.31. The van der Waals surface area contributed by atoms with Gasteiger partial charge in [0.05, 0.1) is 29.1 Å². The van der Waals surface area contributed by atoms with Gasteiger partial charge < -0.3 is 9.72 Å². The van der Waals surface area contributed by atoms with E-state index in [9.17, 15) is 9.59 Å². The highest BCUT2D eigenvalue weighted by Crippen LogP contribution is 2.16. The van der Waals surface area contributed by atoms with E-state index >= 15 is 0 Å². The van der Waals surface area contributed by atoms with Crippen LogP contribution in [0.5, 0.6) is 0 Å². The topological polar surface area (TPSA) is 64.1 Å². The number of aromatic nitrogens is 2. The second-order valence-corrected chi connectivity index (χ2v) is 3.95. The van der Waals surface area contributed by atoms with Crippen molar-refractivity contribution in [1.82, 2.24) is 9.55 Å². The van der Waals surface area contributed by atoms with Gasteiger partial charge >= 0.3 is 5.69 Å². The fourth-order valence-corrected chi connectivity index (χ4v) is 1.90. The zero-order valence-corrected chi connectivity index (χ0v) is 9.95. The molecule has 1 aromatic carbocycles. The molecule has 2 aromatic rings.